The van der Waals surface area contributed by atoms with Crippen LogP contribution in [0.5, 0.6) is 5.75 Å². The summed E-state index contributed by atoms with van der Waals surface area (Å²) in [5.74, 6) is -1.06. The van der Waals surface area contributed by atoms with E-state index in [1.807, 2.05) is 0 Å². The molecule has 0 aliphatic carbocycles. The second-order valence-corrected chi connectivity index (χ2v) is 6.52. The number of halogens is 2. The smallest absolute Gasteiger partial charge is 0.387 e. The Hall–Kier alpha value is -3.29. The third-order valence-electron chi connectivity index (χ3n) is 4.47. The summed E-state index contributed by atoms with van der Waals surface area (Å²) in [4.78, 5) is 37.6. The zero-order valence-electron chi connectivity index (χ0n) is 15.5. The molecule has 1 fully saturated rings. The first kappa shape index (κ1) is 20.4. The zero-order valence-corrected chi connectivity index (χ0v) is 15.5. The fraction of sp³-hybridized carbons (Fsp3) is 0.286. The topological polar surface area (TPSA) is 72.9 Å². The highest BCUT2D eigenvalue weighted by Crippen LogP contribution is 2.17. The van der Waals surface area contributed by atoms with Gasteiger partial charge in [0.25, 0.3) is 0 Å². The van der Waals surface area contributed by atoms with E-state index in [9.17, 15) is 23.2 Å². The van der Waals surface area contributed by atoms with Gasteiger partial charge in [-0.25, -0.2) is 4.79 Å². The van der Waals surface area contributed by atoms with Gasteiger partial charge in [-0.05, 0) is 48.4 Å². The van der Waals surface area contributed by atoms with Crippen molar-refractivity contribution >= 4 is 17.7 Å². The van der Waals surface area contributed by atoms with Crippen LogP contribution >= 0.6 is 0 Å². The molecule has 152 valence electrons. The Morgan fingerprint density at radius 2 is 1.66 bits per heavy atom. The Kier molecular flexibility index (Phi) is 6.54. The third kappa shape index (κ3) is 5.60. The van der Waals surface area contributed by atoms with Crippen LogP contribution in [-0.4, -0.2) is 42.3 Å². The maximum Gasteiger partial charge on any atom is 0.387 e. The van der Waals surface area contributed by atoms with Crippen molar-refractivity contribution in [1.29, 1.82) is 0 Å². The van der Waals surface area contributed by atoms with Gasteiger partial charge >= 0.3 is 12.6 Å². The molecule has 0 atom stereocenters. The molecular weight excluding hydrogens is 384 g/mol. The first-order valence-electron chi connectivity index (χ1n) is 9.04. The predicted octanol–water partition coefficient (Wildman–Crippen LogP) is 3.45. The minimum atomic E-state index is -2.94. The van der Waals surface area contributed by atoms with Gasteiger partial charge in [-0.1, -0.05) is 12.1 Å². The molecule has 1 aliphatic heterocycles. The van der Waals surface area contributed by atoms with Crippen molar-refractivity contribution < 1.29 is 32.6 Å². The van der Waals surface area contributed by atoms with E-state index >= 15 is 0 Å². The summed E-state index contributed by atoms with van der Waals surface area (Å²) in [7, 11) is 0. The number of hydrogen-bond donors (Lipinski definition) is 0. The fourth-order valence-electron chi connectivity index (χ4n) is 2.96. The van der Waals surface area contributed by atoms with E-state index in [0.29, 0.717) is 13.0 Å². The van der Waals surface area contributed by atoms with Gasteiger partial charge in [0, 0.05) is 25.1 Å². The molecule has 0 radical (unpaired) electrons. The van der Waals surface area contributed by atoms with Gasteiger partial charge in [0.05, 0.1) is 5.56 Å². The molecule has 0 spiro atoms. The third-order valence-corrected chi connectivity index (χ3v) is 4.47. The summed E-state index contributed by atoms with van der Waals surface area (Å²) in [6, 6.07) is 11.8. The van der Waals surface area contributed by atoms with Crippen molar-refractivity contribution in [3.63, 3.8) is 0 Å². The number of ketones is 1. The Bertz CT molecular complexity index is 881. The van der Waals surface area contributed by atoms with Crippen LogP contribution in [0.25, 0.3) is 0 Å². The van der Waals surface area contributed by atoms with Gasteiger partial charge in [0.15, 0.2) is 12.4 Å². The number of rotatable bonds is 8. The summed E-state index contributed by atoms with van der Waals surface area (Å²) in [6.07, 6.45) is 1.43. The summed E-state index contributed by atoms with van der Waals surface area (Å²) in [6.45, 7) is -2.18. The highest BCUT2D eigenvalue weighted by molar-refractivity contribution is 5.99. The molecule has 6 nitrogen and oxygen atoms in total. The Morgan fingerprint density at radius 1 is 1.00 bits per heavy atom. The number of carbonyl (C=O) groups is 3. The molecule has 0 bridgehead atoms. The van der Waals surface area contributed by atoms with Crippen molar-refractivity contribution in [2.45, 2.75) is 26.0 Å². The molecule has 29 heavy (non-hydrogen) atoms. The van der Waals surface area contributed by atoms with Crippen molar-refractivity contribution in [3.8, 4) is 5.75 Å². The maximum atomic E-state index is 12.1. The lowest BCUT2D eigenvalue weighted by atomic mass is 10.1. The van der Waals surface area contributed by atoms with Crippen molar-refractivity contribution in [1.82, 2.24) is 4.90 Å². The number of hydrogen-bond acceptors (Lipinski definition) is 5. The highest BCUT2D eigenvalue weighted by Gasteiger charge is 2.20. The number of ether oxygens (including phenoxy) is 2. The van der Waals surface area contributed by atoms with Crippen molar-refractivity contribution in [2.24, 2.45) is 0 Å². The van der Waals surface area contributed by atoms with Gasteiger partial charge in [0.2, 0.25) is 5.91 Å². The standard InChI is InChI=1S/C21H19F2NO5/c22-21(23)29-17-9-7-15(8-10-17)18(25)13-28-20(27)16-5-3-14(4-6-16)12-24-11-1-2-19(24)26/h3-10,21H,1-2,11-13H2. The molecular formula is C21H19F2NO5. The van der Waals surface area contributed by atoms with E-state index in [-0.39, 0.29) is 22.8 Å². The highest BCUT2D eigenvalue weighted by atomic mass is 19.3. The molecule has 1 amide bonds. The summed E-state index contributed by atoms with van der Waals surface area (Å²) in [5, 5.41) is 0. The van der Waals surface area contributed by atoms with Crippen LogP contribution in [0.2, 0.25) is 0 Å². The molecule has 0 aromatic heterocycles. The molecule has 0 N–H and O–H groups in total. The van der Waals surface area contributed by atoms with Crippen LogP contribution in [-0.2, 0) is 16.1 Å². The summed E-state index contributed by atoms with van der Waals surface area (Å²) >= 11 is 0. The second-order valence-electron chi connectivity index (χ2n) is 6.52. The van der Waals surface area contributed by atoms with Gasteiger partial charge < -0.3 is 14.4 Å². The number of nitrogens with zero attached hydrogens (tertiary/aromatic N) is 1. The molecule has 1 saturated heterocycles. The van der Waals surface area contributed by atoms with Gasteiger partial charge in [0.1, 0.15) is 5.75 Å². The number of Topliss-reactive ketones (excluding diaryl/α,β-unsaturated/α-hetero) is 1. The minimum Gasteiger partial charge on any atom is -0.454 e. The summed E-state index contributed by atoms with van der Waals surface area (Å²) < 4.78 is 33.5. The van der Waals surface area contributed by atoms with Gasteiger partial charge in [-0.15, -0.1) is 0 Å². The number of esters is 1. The van der Waals surface area contributed by atoms with E-state index in [1.54, 1.807) is 29.2 Å². The van der Waals surface area contributed by atoms with E-state index < -0.39 is 25.0 Å². The Balaban J connectivity index is 1.50. The largest absolute Gasteiger partial charge is 0.454 e. The number of amides is 1. The van der Waals surface area contributed by atoms with Crippen molar-refractivity contribution in [3.05, 3.63) is 65.2 Å². The second kappa shape index (κ2) is 9.27. The fourth-order valence-corrected chi connectivity index (χ4v) is 2.96. The molecule has 2 aromatic rings. The lowest BCUT2D eigenvalue weighted by Crippen LogP contribution is -2.23. The van der Waals surface area contributed by atoms with Crippen LogP contribution < -0.4 is 4.74 Å². The lowest BCUT2D eigenvalue weighted by molar-refractivity contribution is -0.128. The zero-order chi connectivity index (χ0) is 20.8. The molecule has 0 saturated carbocycles. The summed E-state index contributed by atoms with van der Waals surface area (Å²) in [5.41, 5.74) is 1.40. The average molecular weight is 403 g/mol. The average Bonchev–Trinajstić information content (AvgIpc) is 3.11. The first-order chi connectivity index (χ1) is 13.9. The SMILES string of the molecule is O=C(COC(=O)c1ccc(CN2CCCC2=O)cc1)c1ccc(OC(F)F)cc1. The van der Waals surface area contributed by atoms with Crippen molar-refractivity contribution in [2.75, 3.05) is 13.2 Å². The number of carbonyl (C=O) groups excluding carboxylic acids is 3. The molecule has 1 heterocycles. The predicted molar refractivity (Wildman–Crippen MR) is 98.8 cm³/mol. The number of likely N-dealkylation sites (tertiary alicyclic amines) is 1. The maximum absolute atomic E-state index is 12.1. The lowest BCUT2D eigenvalue weighted by Gasteiger charge is -2.15. The monoisotopic (exact) mass is 403 g/mol. The normalized spacial score (nSPS) is 13.6. The molecule has 2 aromatic carbocycles. The van der Waals surface area contributed by atoms with E-state index in [0.717, 1.165) is 18.5 Å². The first-order valence-corrected chi connectivity index (χ1v) is 9.04. The van der Waals surface area contributed by atoms with Crippen LogP contribution in [0.3, 0.4) is 0 Å². The molecule has 1 aliphatic rings. The van der Waals surface area contributed by atoms with Crippen LogP contribution in [0, 0.1) is 0 Å². The molecule has 8 heteroatoms. The van der Waals surface area contributed by atoms with E-state index in [4.69, 9.17) is 4.74 Å². The Morgan fingerprint density at radius 3 is 2.24 bits per heavy atom. The minimum absolute atomic E-state index is 0.0655. The molecule has 0 unspecified atom stereocenters. The quantitative estimate of drug-likeness (QED) is 0.499. The van der Waals surface area contributed by atoms with Crippen LogP contribution in [0.1, 0.15) is 39.1 Å². The number of benzene rings is 2. The van der Waals surface area contributed by atoms with E-state index in [2.05, 4.69) is 4.74 Å². The molecule has 3 rings (SSSR count). The van der Waals surface area contributed by atoms with Crippen LogP contribution in [0.4, 0.5) is 8.78 Å². The van der Waals surface area contributed by atoms with E-state index in [1.165, 1.54) is 24.3 Å². The van der Waals surface area contributed by atoms with Gasteiger partial charge in [-0.2, -0.15) is 8.78 Å². The van der Waals surface area contributed by atoms with Gasteiger partial charge in [-0.3, -0.25) is 9.59 Å². The Labute approximate surface area is 166 Å². The van der Waals surface area contributed by atoms with Crippen LogP contribution in [0.15, 0.2) is 48.5 Å². The number of alkyl halides is 2.